The quantitative estimate of drug-likeness (QED) is 0.687. The maximum Gasteiger partial charge on any atom is 0.239 e. The molecule has 0 spiro atoms. The first kappa shape index (κ1) is 18.7. The Bertz CT molecular complexity index is 707. The Hall–Kier alpha value is -2.60. The van der Waals surface area contributed by atoms with Crippen molar-refractivity contribution in [3.05, 3.63) is 59.9 Å². The maximum absolute atomic E-state index is 13.1. The van der Waals surface area contributed by atoms with E-state index < -0.39 is 6.10 Å². The standard InChI is InChI=1S/C19H23FN2O3/c1-13(2)25-17-8-3-5-14(9-17)18(23)11-22-19(24)12-21-16-7-4-6-15(20)10-16/h3-10,13,18,21,23H,11-12H2,1-2H3,(H,22,24). The van der Waals surface area contributed by atoms with Gasteiger partial charge in [-0.3, -0.25) is 4.79 Å². The number of ether oxygens (including phenoxy) is 1. The van der Waals surface area contributed by atoms with Crippen LogP contribution in [0, 0.1) is 5.82 Å². The first-order valence-corrected chi connectivity index (χ1v) is 8.15. The lowest BCUT2D eigenvalue weighted by atomic mass is 10.1. The fraction of sp³-hybridized carbons (Fsp3) is 0.316. The molecule has 0 fully saturated rings. The molecular weight excluding hydrogens is 323 g/mol. The molecule has 0 radical (unpaired) electrons. The molecule has 2 rings (SSSR count). The molecule has 3 N–H and O–H groups in total. The van der Waals surface area contributed by atoms with E-state index in [1.807, 2.05) is 19.9 Å². The summed E-state index contributed by atoms with van der Waals surface area (Å²) in [7, 11) is 0. The van der Waals surface area contributed by atoms with Crippen molar-refractivity contribution in [2.24, 2.45) is 0 Å². The van der Waals surface area contributed by atoms with Crippen LogP contribution in [0.3, 0.4) is 0 Å². The van der Waals surface area contributed by atoms with E-state index in [-0.39, 0.29) is 30.9 Å². The summed E-state index contributed by atoms with van der Waals surface area (Å²) in [6, 6.07) is 13.0. The van der Waals surface area contributed by atoms with E-state index in [9.17, 15) is 14.3 Å². The number of anilines is 1. The minimum Gasteiger partial charge on any atom is -0.491 e. The topological polar surface area (TPSA) is 70.6 Å². The highest BCUT2D eigenvalue weighted by Gasteiger charge is 2.11. The molecule has 0 aliphatic carbocycles. The summed E-state index contributed by atoms with van der Waals surface area (Å²) < 4.78 is 18.6. The van der Waals surface area contributed by atoms with Crippen molar-refractivity contribution < 1.29 is 19.0 Å². The van der Waals surface area contributed by atoms with Gasteiger partial charge in [0.1, 0.15) is 11.6 Å². The number of benzene rings is 2. The summed E-state index contributed by atoms with van der Waals surface area (Å²) in [5.74, 6) is 0.00729. The van der Waals surface area contributed by atoms with Crippen LogP contribution in [0.5, 0.6) is 5.75 Å². The van der Waals surface area contributed by atoms with Crippen molar-refractivity contribution in [2.75, 3.05) is 18.4 Å². The monoisotopic (exact) mass is 346 g/mol. The third-order valence-electron chi connectivity index (χ3n) is 3.38. The van der Waals surface area contributed by atoms with E-state index in [4.69, 9.17) is 4.74 Å². The molecule has 0 aliphatic rings. The number of nitrogens with one attached hydrogen (secondary N) is 2. The van der Waals surface area contributed by atoms with Gasteiger partial charge in [0, 0.05) is 12.2 Å². The Labute approximate surface area is 146 Å². The fourth-order valence-corrected chi connectivity index (χ4v) is 2.24. The third-order valence-corrected chi connectivity index (χ3v) is 3.38. The molecule has 0 saturated heterocycles. The molecule has 0 aromatic heterocycles. The second-order valence-corrected chi connectivity index (χ2v) is 5.92. The van der Waals surface area contributed by atoms with Crippen LogP contribution in [-0.2, 0) is 4.79 Å². The van der Waals surface area contributed by atoms with Crippen LogP contribution in [0.2, 0.25) is 0 Å². The molecule has 2 aromatic rings. The lowest BCUT2D eigenvalue weighted by Gasteiger charge is -2.15. The van der Waals surface area contributed by atoms with Crippen LogP contribution in [0.15, 0.2) is 48.5 Å². The second kappa shape index (κ2) is 9.03. The molecule has 5 nitrogen and oxygen atoms in total. The van der Waals surface area contributed by atoms with Gasteiger partial charge in [-0.25, -0.2) is 4.39 Å². The maximum atomic E-state index is 13.1. The molecule has 1 atom stereocenters. The summed E-state index contributed by atoms with van der Waals surface area (Å²) in [4.78, 5) is 11.8. The van der Waals surface area contributed by atoms with Crippen molar-refractivity contribution in [1.29, 1.82) is 0 Å². The van der Waals surface area contributed by atoms with Gasteiger partial charge in [0.05, 0.1) is 18.8 Å². The first-order chi connectivity index (χ1) is 11.9. The summed E-state index contributed by atoms with van der Waals surface area (Å²) in [6.07, 6.45) is -0.796. The molecule has 1 amide bonds. The molecule has 1 unspecified atom stereocenters. The summed E-state index contributed by atoms with van der Waals surface area (Å²) in [6.45, 7) is 3.92. The molecule has 0 heterocycles. The van der Waals surface area contributed by atoms with Crippen molar-refractivity contribution in [1.82, 2.24) is 5.32 Å². The number of carbonyl (C=O) groups is 1. The van der Waals surface area contributed by atoms with Crippen LogP contribution < -0.4 is 15.4 Å². The van der Waals surface area contributed by atoms with Crippen LogP contribution in [0.1, 0.15) is 25.5 Å². The largest absolute Gasteiger partial charge is 0.491 e. The van der Waals surface area contributed by atoms with Crippen LogP contribution in [0.25, 0.3) is 0 Å². The lowest BCUT2D eigenvalue weighted by Crippen LogP contribution is -2.33. The Kier molecular flexibility index (Phi) is 6.77. The number of halogens is 1. The van der Waals surface area contributed by atoms with Gasteiger partial charge in [0.15, 0.2) is 0 Å². The fourth-order valence-electron chi connectivity index (χ4n) is 2.24. The minimum atomic E-state index is -0.839. The van der Waals surface area contributed by atoms with Crippen LogP contribution in [-0.4, -0.2) is 30.2 Å². The number of aliphatic hydroxyl groups excluding tert-OH is 1. The van der Waals surface area contributed by atoms with E-state index in [1.54, 1.807) is 30.3 Å². The van der Waals surface area contributed by atoms with Gasteiger partial charge in [0.25, 0.3) is 0 Å². The molecule has 0 bridgehead atoms. The highest BCUT2D eigenvalue weighted by Crippen LogP contribution is 2.20. The number of aliphatic hydroxyl groups is 1. The number of carbonyl (C=O) groups excluding carboxylic acids is 1. The Balaban J connectivity index is 1.80. The number of rotatable bonds is 8. The van der Waals surface area contributed by atoms with Gasteiger partial charge >= 0.3 is 0 Å². The van der Waals surface area contributed by atoms with E-state index in [2.05, 4.69) is 10.6 Å². The zero-order valence-electron chi connectivity index (χ0n) is 14.3. The smallest absolute Gasteiger partial charge is 0.239 e. The van der Waals surface area contributed by atoms with Gasteiger partial charge in [-0.15, -0.1) is 0 Å². The summed E-state index contributed by atoms with van der Waals surface area (Å²) in [5.41, 5.74) is 1.19. The Morgan fingerprint density at radius 1 is 1.20 bits per heavy atom. The first-order valence-electron chi connectivity index (χ1n) is 8.15. The molecule has 0 saturated carbocycles. The predicted molar refractivity (Wildman–Crippen MR) is 95.1 cm³/mol. The number of amides is 1. The Morgan fingerprint density at radius 3 is 2.68 bits per heavy atom. The number of hydrogen-bond acceptors (Lipinski definition) is 4. The number of hydrogen-bond donors (Lipinski definition) is 3. The predicted octanol–water partition coefficient (Wildman–Crippen LogP) is 2.87. The van der Waals surface area contributed by atoms with E-state index in [0.717, 1.165) is 0 Å². The summed E-state index contributed by atoms with van der Waals surface area (Å²) >= 11 is 0. The van der Waals surface area contributed by atoms with Gasteiger partial charge < -0.3 is 20.5 Å². The minimum absolute atomic E-state index is 0.00727. The highest BCUT2D eigenvalue weighted by atomic mass is 19.1. The zero-order chi connectivity index (χ0) is 18.2. The molecule has 2 aromatic carbocycles. The van der Waals surface area contributed by atoms with Crippen LogP contribution in [0.4, 0.5) is 10.1 Å². The van der Waals surface area contributed by atoms with Crippen molar-refractivity contribution in [2.45, 2.75) is 26.1 Å². The van der Waals surface area contributed by atoms with E-state index in [1.165, 1.54) is 12.1 Å². The average molecular weight is 346 g/mol. The van der Waals surface area contributed by atoms with Gasteiger partial charge in [-0.1, -0.05) is 18.2 Å². The SMILES string of the molecule is CC(C)Oc1cccc(C(O)CNC(=O)CNc2cccc(F)c2)c1. The van der Waals surface area contributed by atoms with E-state index in [0.29, 0.717) is 17.0 Å². The lowest BCUT2D eigenvalue weighted by molar-refractivity contribution is -0.119. The second-order valence-electron chi connectivity index (χ2n) is 5.92. The molecular formula is C19H23FN2O3. The van der Waals surface area contributed by atoms with E-state index >= 15 is 0 Å². The molecule has 6 heteroatoms. The van der Waals surface area contributed by atoms with Gasteiger partial charge in [0.2, 0.25) is 5.91 Å². The molecule has 25 heavy (non-hydrogen) atoms. The van der Waals surface area contributed by atoms with Crippen molar-refractivity contribution in [3.63, 3.8) is 0 Å². The van der Waals surface area contributed by atoms with Crippen molar-refractivity contribution in [3.8, 4) is 5.75 Å². The average Bonchev–Trinajstić information content (AvgIpc) is 2.57. The summed E-state index contributed by atoms with van der Waals surface area (Å²) in [5, 5.41) is 15.7. The normalized spacial score (nSPS) is 11.9. The van der Waals surface area contributed by atoms with Crippen LogP contribution >= 0.6 is 0 Å². The Morgan fingerprint density at radius 2 is 1.96 bits per heavy atom. The highest BCUT2D eigenvalue weighted by molar-refractivity contribution is 5.80. The molecule has 0 aliphatic heterocycles. The molecule has 134 valence electrons. The van der Waals surface area contributed by atoms with Gasteiger partial charge in [-0.2, -0.15) is 0 Å². The van der Waals surface area contributed by atoms with Gasteiger partial charge in [-0.05, 0) is 49.7 Å². The van der Waals surface area contributed by atoms with Crippen molar-refractivity contribution >= 4 is 11.6 Å². The zero-order valence-corrected chi connectivity index (χ0v) is 14.3. The third kappa shape index (κ3) is 6.43.